The quantitative estimate of drug-likeness (QED) is 0.0555. The van der Waals surface area contributed by atoms with Crippen LogP contribution in [0.2, 0.25) is 0 Å². The molecule has 2 aliphatic carbocycles. The predicted molar refractivity (Wildman–Crippen MR) is 595 cm³/mol. The van der Waals surface area contributed by atoms with Gasteiger partial charge in [-0.1, -0.05) is 235 Å². The molecule has 0 N–H and O–H groups in total. The average Bonchev–Trinajstić information content (AvgIpc) is 1.47. The fraction of sp³-hybridized carbons (Fsp3) is 0.556. The molecular formula is C126H182N14O3. The van der Waals surface area contributed by atoms with E-state index in [1.807, 2.05) is 100 Å². The molecule has 10 aromatic heterocycles. The highest BCUT2D eigenvalue weighted by molar-refractivity contribution is 5.75. The third kappa shape index (κ3) is 44.8. The molecule has 0 radical (unpaired) electrons. The Balaban J connectivity index is 0.000000183. The first-order valence-corrected chi connectivity index (χ1v) is 53.8. The van der Waals surface area contributed by atoms with Crippen molar-refractivity contribution in [2.75, 3.05) is 73.2 Å². The summed E-state index contributed by atoms with van der Waals surface area (Å²) < 4.78 is 10.8. The highest BCUT2D eigenvalue weighted by Gasteiger charge is 2.27. The van der Waals surface area contributed by atoms with Crippen LogP contribution >= 0.6 is 0 Å². The van der Waals surface area contributed by atoms with Gasteiger partial charge in [0.1, 0.15) is 6.33 Å². The Morgan fingerprint density at radius 1 is 0.315 bits per heavy atom. The molecule has 2 saturated carbocycles. The first-order valence-electron chi connectivity index (χ1n) is 53.8. The fourth-order valence-corrected chi connectivity index (χ4v) is 17.3. The average molecular weight is 1940 g/mol. The Kier molecular flexibility index (Phi) is 46.1. The zero-order valence-electron chi connectivity index (χ0n) is 93.2. The van der Waals surface area contributed by atoms with Gasteiger partial charge in [0.15, 0.2) is 0 Å². The summed E-state index contributed by atoms with van der Waals surface area (Å²) in [5, 5.41) is 0. The maximum atomic E-state index is 11.6. The molecule has 11 aromatic rings. The molecule has 16 rings (SSSR count). The zero-order valence-corrected chi connectivity index (χ0v) is 93.2. The Hall–Kier alpha value is -10.0. The van der Waals surface area contributed by atoms with Gasteiger partial charge in [-0.05, 0) is 336 Å². The first-order chi connectivity index (χ1) is 67.6. The number of aryl methyl sites for hydroxylation is 7. The van der Waals surface area contributed by atoms with E-state index in [2.05, 4.69) is 358 Å². The van der Waals surface area contributed by atoms with E-state index >= 15 is 0 Å². The number of nitrogens with zero attached hydrogens (tertiary/aromatic N) is 14. The van der Waals surface area contributed by atoms with Gasteiger partial charge in [0.25, 0.3) is 0 Å². The number of aromatic nitrogens is 11. The molecule has 774 valence electrons. The van der Waals surface area contributed by atoms with Crippen molar-refractivity contribution in [2.24, 2.45) is 23.7 Å². The van der Waals surface area contributed by atoms with Crippen molar-refractivity contribution in [1.82, 2.24) is 69.5 Å². The van der Waals surface area contributed by atoms with E-state index in [1.54, 1.807) is 11.2 Å². The van der Waals surface area contributed by atoms with Crippen LogP contribution < -0.4 is 0 Å². The molecule has 0 spiro atoms. The van der Waals surface area contributed by atoms with Crippen molar-refractivity contribution < 1.29 is 14.3 Å². The van der Waals surface area contributed by atoms with Gasteiger partial charge in [0.2, 0.25) is 5.91 Å². The molecule has 1 aromatic carbocycles. The van der Waals surface area contributed by atoms with Crippen LogP contribution in [0, 0.1) is 23.7 Å². The van der Waals surface area contributed by atoms with Crippen LogP contribution in [0.5, 0.6) is 0 Å². The van der Waals surface area contributed by atoms with Crippen molar-refractivity contribution in [3.63, 3.8) is 0 Å². The Morgan fingerprint density at radius 3 is 1.10 bits per heavy atom. The molecule has 3 saturated heterocycles. The number of benzene rings is 1. The van der Waals surface area contributed by atoms with Crippen molar-refractivity contribution in [1.29, 1.82) is 0 Å². The van der Waals surface area contributed by atoms with Crippen molar-refractivity contribution in [3.05, 3.63) is 327 Å². The number of hydrogen-bond donors (Lipinski definition) is 0. The maximum absolute atomic E-state index is 11.6. The van der Waals surface area contributed by atoms with Gasteiger partial charge in [0.05, 0.1) is 0 Å². The molecule has 1 amide bonds. The highest BCUT2D eigenvalue weighted by Crippen LogP contribution is 2.36. The van der Waals surface area contributed by atoms with Gasteiger partial charge >= 0.3 is 0 Å². The molecule has 0 bridgehead atoms. The summed E-state index contributed by atoms with van der Waals surface area (Å²) in [6.45, 7) is 63.9. The van der Waals surface area contributed by atoms with E-state index in [0.717, 1.165) is 189 Å². The SMILES string of the molecule is CC(C)(C)c1cc(CC2CCOCC2)ncn1.CC(C)(C)c1ccnc(CC2CCC2)c1.CC(C)(C)c1ccnc(CC2CCOCC2)c1.CC(C)(C)c1ccnc(CCC2CC2)c1.CC(C)(C)c1ccnc(CCc2ccccn2)c1.CC(C)(C)c1ccnc(CCc2cccnc2)c1.CC(C)(C)c1ccnc(CCc2ccncc2)c1.CN(C)C(=O)CCCN1CCN(Cc2cccc(C(C)(C)C)c2)CC1. The maximum Gasteiger partial charge on any atom is 0.222 e. The van der Waals surface area contributed by atoms with E-state index in [1.165, 1.54) is 142 Å². The second-order valence-electron chi connectivity index (χ2n) is 48.9. The molecule has 17 nitrogen and oxygen atoms in total. The summed E-state index contributed by atoms with van der Waals surface area (Å²) in [5.74, 6) is 3.63. The van der Waals surface area contributed by atoms with Crippen LogP contribution in [0.4, 0.5) is 0 Å². The molecule has 143 heavy (non-hydrogen) atoms. The number of amides is 1. The summed E-state index contributed by atoms with van der Waals surface area (Å²) >= 11 is 0. The van der Waals surface area contributed by atoms with E-state index in [9.17, 15) is 4.79 Å². The summed E-state index contributed by atoms with van der Waals surface area (Å²) in [6.07, 6.45) is 47.7. The lowest BCUT2D eigenvalue weighted by atomic mass is 9.81. The van der Waals surface area contributed by atoms with Crippen LogP contribution in [-0.4, -0.2) is 149 Å². The standard InChI is InChI=1S/C21H35N3O.3C16H20N2.C15H23NO.C14H22N2O.2C14H21N/c1-21(2,3)19-9-6-8-18(16-19)17-24-14-12-23(13-15-24)11-7-10-20(25)22(4)5;1-16(2,3)14-8-11-18-15(12-14)5-4-13-6-9-17-10-7-13;1-16(2,3)14-8-10-18-15(11-14)7-6-13-5-4-9-17-12-13;1-16(2,3)13-9-11-18-15(12-13)8-7-14-6-4-5-10-17-14;1-15(2,3)13-4-7-16-14(11-13)10-12-5-8-17-9-6-12;1-14(2,3)13-9-12(15-10-16-13)8-11-4-6-17-7-5-11;1-14(2,3)12-8-9-15-13(10-12)7-6-11-4-5-11;1-14(2,3)12-7-8-15-13(10-12)9-11-5-4-6-11/h6,8-9,16H,7,10-15,17H2,1-5H3;6-12H,4-5H2,1-3H3;4-5,8-12H,6-7H2,1-3H3;4-6,9-12H,7-8H2,1-3H3;4,7,11-12H,5-6,8-10H2,1-3H3;9-11H,4-8H2,1-3H3;8-11H,4-7H2,1-3H3;7-8,10-11H,4-6,9H2,1-3H3. The number of carbonyl (C=O) groups excluding carboxylic acids is 1. The summed E-state index contributed by atoms with van der Waals surface area (Å²) in [4.78, 5) is 66.4. The van der Waals surface area contributed by atoms with Gasteiger partial charge in [-0.15, -0.1) is 0 Å². The number of ether oxygens (including phenoxy) is 2. The van der Waals surface area contributed by atoms with Gasteiger partial charge in [-0.25, -0.2) is 9.97 Å². The second-order valence-corrected chi connectivity index (χ2v) is 48.9. The molecule has 17 heteroatoms. The molecule has 5 fully saturated rings. The normalized spacial score (nSPS) is 15.2. The number of pyridine rings is 9. The number of piperazine rings is 1. The molecule has 0 unspecified atom stereocenters. The molecule has 5 aliphatic rings. The third-order valence-corrected chi connectivity index (χ3v) is 27.7. The van der Waals surface area contributed by atoms with Crippen LogP contribution in [-0.2, 0) is 128 Å². The number of hydrogen-bond acceptors (Lipinski definition) is 16. The lowest BCUT2D eigenvalue weighted by Gasteiger charge is -2.35. The van der Waals surface area contributed by atoms with Gasteiger partial charge in [-0.3, -0.25) is 54.6 Å². The smallest absolute Gasteiger partial charge is 0.222 e. The van der Waals surface area contributed by atoms with Gasteiger partial charge < -0.3 is 19.3 Å². The molecular weight excluding hydrogens is 1760 g/mol. The minimum atomic E-state index is 0.105. The van der Waals surface area contributed by atoms with Gasteiger partial charge in [-0.2, -0.15) is 0 Å². The zero-order chi connectivity index (χ0) is 104. The van der Waals surface area contributed by atoms with E-state index in [0.29, 0.717) is 6.42 Å². The van der Waals surface area contributed by atoms with E-state index in [-0.39, 0.29) is 49.2 Å². The number of rotatable bonds is 24. The Bertz CT molecular complexity index is 5160. The fourth-order valence-electron chi connectivity index (χ4n) is 17.3. The van der Waals surface area contributed by atoms with Crippen molar-refractivity contribution in [3.8, 4) is 0 Å². The lowest BCUT2D eigenvalue weighted by Crippen LogP contribution is -2.46. The van der Waals surface area contributed by atoms with Gasteiger partial charge in [0, 0.05) is 204 Å². The summed E-state index contributed by atoms with van der Waals surface area (Å²) in [5.41, 5.74) is 25.9. The van der Waals surface area contributed by atoms with Crippen LogP contribution in [0.1, 0.15) is 350 Å². The van der Waals surface area contributed by atoms with E-state index < -0.39 is 0 Å². The largest absolute Gasteiger partial charge is 0.381 e. The van der Waals surface area contributed by atoms with Crippen molar-refractivity contribution in [2.45, 2.75) is 357 Å². The second kappa shape index (κ2) is 56.6. The lowest BCUT2D eigenvalue weighted by molar-refractivity contribution is -0.128. The number of carbonyl (C=O) groups is 1. The summed E-state index contributed by atoms with van der Waals surface area (Å²) in [6, 6.07) is 51.7. The Labute approximate surface area is 865 Å². The van der Waals surface area contributed by atoms with E-state index in [4.69, 9.17) is 9.47 Å². The first kappa shape index (κ1) is 117. The third-order valence-electron chi connectivity index (χ3n) is 27.7. The molecule has 0 atom stereocenters. The highest BCUT2D eigenvalue weighted by atomic mass is 16.5. The minimum absolute atomic E-state index is 0.105. The monoisotopic (exact) mass is 1940 g/mol. The topological polar surface area (TPSA) is 187 Å². The van der Waals surface area contributed by atoms with Crippen molar-refractivity contribution >= 4 is 5.91 Å². The summed E-state index contributed by atoms with van der Waals surface area (Å²) in [7, 11) is 3.66. The minimum Gasteiger partial charge on any atom is -0.381 e. The van der Waals surface area contributed by atoms with Crippen LogP contribution in [0.15, 0.2) is 220 Å². The molecule has 13 heterocycles. The van der Waals surface area contributed by atoms with Crippen LogP contribution in [0.25, 0.3) is 0 Å². The molecule has 3 aliphatic heterocycles. The predicted octanol–water partition coefficient (Wildman–Crippen LogP) is 27.2. The van der Waals surface area contributed by atoms with Crippen LogP contribution in [0.3, 0.4) is 0 Å². The Morgan fingerprint density at radius 2 is 0.699 bits per heavy atom.